The third-order valence-corrected chi connectivity index (χ3v) is 2.84. The Balaban J connectivity index is 2.31. The maximum absolute atomic E-state index is 11.7. The number of anilines is 1. The van der Waals surface area contributed by atoms with E-state index in [1.807, 2.05) is 6.92 Å². The number of rotatable bonds is 7. The van der Waals surface area contributed by atoms with Gasteiger partial charge in [-0.25, -0.2) is 0 Å². The van der Waals surface area contributed by atoms with Crippen LogP contribution in [0.3, 0.4) is 0 Å². The van der Waals surface area contributed by atoms with Crippen molar-refractivity contribution >= 4 is 17.5 Å². The highest BCUT2D eigenvalue weighted by Gasteiger charge is 2.07. The molecule has 2 amide bonds. The van der Waals surface area contributed by atoms with E-state index < -0.39 is 0 Å². The lowest BCUT2D eigenvalue weighted by atomic mass is 10.3. The molecule has 0 saturated heterocycles. The zero-order valence-corrected chi connectivity index (χ0v) is 12.1. The molecule has 20 heavy (non-hydrogen) atoms. The number of hydrogen-bond donors (Lipinski definition) is 2. The molecule has 0 saturated carbocycles. The number of likely N-dealkylation sites (N-methyl/N-ethyl adjacent to an activating group) is 1. The number of amides is 2. The molecule has 0 fully saturated rings. The minimum atomic E-state index is -0.192. The number of carbonyl (C=O) groups is 2. The molecule has 0 unspecified atom stereocenters. The standard InChI is InChI=1S/C14H21N3O3/c1-4-17(2)14(19)10-15-9-13(18)16-11-5-7-12(20-3)8-6-11/h5-8,15H,4,9-10H2,1-3H3,(H,16,18). The smallest absolute Gasteiger partial charge is 0.238 e. The largest absolute Gasteiger partial charge is 0.497 e. The number of nitrogens with zero attached hydrogens (tertiary/aromatic N) is 1. The minimum Gasteiger partial charge on any atom is -0.497 e. The Bertz CT molecular complexity index is 445. The topological polar surface area (TPSA) is 70.7 Å². The number of hydrogen-bond acceptors (Lipinski definition) is 4. The fraction of sp³-hybridized carbons (Fsp3) is 0.429. The van der Waals surface area contributed by atoms with Gasteiger partial charge in [0.15, 0.2) is 0 Å². The highest BCUT2D eigenvalue weighted by Crippen LogP contribution is 2.14. The Kier molecular flexibility index (Phi) is 6.52. The van der Waals surface area contributed by atoms with Crippen LogP contribution in [0.1, 0.15) is 6.92 Å². The molecule has 0 bridgehead atoms. The number of nitrogens with one attached hydrogen (secondary N) is 2. The maximum Gasteiger partial charge on any atom is 0.238 e. The van der Waals surface area contributed by atoms with Gasteiger partial charge in [0.2, 0.25) is 11.8 Å². The summed E-state index contributed by atoms with van der Waals surface area (Å²) in [5.41, 5.74) is 0.689. The molecule has 0 aliphatic heterocycles. The van der Waals surface area contributed by atoms with Crippen molar-refractivity contribution in [3.63, 3.8) is 0 Å². The summed E-state index contributed by atoms with van der Waals surface area (Å²) in [5, 5.41) is 5.54. The van der Waals surface area contributed by atoms with Crippen LogP contribution < -0.4 is 15.4 Å². The van der Waals surface area contributed by atoms with E-state index in [0.717, 1.165) is 5.75 Å². The summed E-state index contributed by atoms with van der Waals surface area (Å²) in [6, 6.07) is 7.05. The van der Waals surface area contributed by atoms with E-state index in [1.54, 1.807) is 43.3 Å². The summed E-state index contributed by atoms with van der Waals surface area (Å²) in [6.45, 7) is 2.79. The molecule has 0 aliphatic carbocycles. The molecule has 0 spiro atoms. The van der Waals surface area contributed by atoms with Gasteiger partial charge in [-0.1, -0.05) is 0 Å². The van der Waals surface area contributed by atoms with Crippen molar-refractivity contribution in [2.45, 2.75) is 6.92 Å². The van der Waals surface area contributed by atoms with Crippen LogP contribution in [0.4, 0.5) is 5.69 Å². The number of benzene rings is 1. The molecule has 6 heteroatoms. The van der Waals surface area contributed by atoms with Crippen molar-refractivity contribution in [2.24, 2.45) is 0 Å². The summed E-state index contributed by atoms with van der Waals surface area (Å²) in [5.74, 6) is 0.501. The highest BCUT2D eigenvalue weighted by molar-refractivity contribution is 5.92. The molecule has 0 radical (unpaired) electrons. The van der Waals surface area contributed by atoms with E-state index in [0.29, 0.717) is 12.2 Å². The lowest BCUT2D eigenvalue weighted by molar-refractivity contribution is -0.128. The fourth-order valence-electron chi connectivity index (χ4n) is 1.47. The Morgan fingerprint density at radius 1 is 1.20 bits per heavy atom. The molecule has 0 aromatic heterocycles. The Hall–Kier alpha value is -2.08. The third-order valence-electron chi connectivity index (χ3n) is 2.84. The summed E-state index contributed by atoms with van der Waals surface area (Å²) < 4.78 is 5.03. The molecule has 1 rings (SSSR count). The van der Waals surface area contributed by atoms with Crippen molar-refractivity contribution in [2.75, 3.05) is 39.1 Å². The monoisotopic (exact) mass is 279 g/mol. The van der Waals surface area contributed by atoms with Crippen LogP contribution in [-0.4, -0.2) is 50.5 Å². The van der Waals surface area contributed by atoms with Crippen LogP contribution in [0.25, 0.3) is 0 Å². The van der Waals surface area contributed by atoms with Gasteiger partial charge in [-0.2, -0.15) is 0 Å². The quantitative estimate of drug-likeness (QED) is 0.771. The first-order valence-electron chi connectivity index (χ1n) is 6.45. The van der Waals surface area contributed by atoms with Crippen LogP contribution in [0.2, 0.25) is 0 Å². The van der Waals surface area contributed by atoms with Gasteiger partial charge < -0.3 is 15.0 Å². The van der Waals surface area contributed by atoms with Gasteiger partial charge in [0, 0.05) is 19.3 Å². The Morgan fingerprint density at radius 2 is 1.85 bits per heavy atom. The van der Waals surface area contributed by atoms with E-state index in [2.05, 4.69) is 10.6 Å². The average Bonchev–Trinajstić information content (AvgIpc) is 2.47. The number of ether oxygens (including phenoxy) is 1. The molecule has 1 aromatic carbocycles. The van der Waals surface area contributed by atoms with Crippen molar-refractivity contribution in [1.82, 2.24) is 10.2 Å². The average molecular weight is 279 g/mol. The SMILES string of the molecule is CCN(C)C(=O)CNCC(=O)Nc1ccc(OC)cc1. The van der Waals surface area contributed by atoms with Crippen LogP contribution in [-0.2, 0) is 9.59 Å². The van der Waals surface area contributed by atoms with Gasteiger partial charge >= 0.3 is 0 Å². The maximum atomic E-state index is 11.7. The Labute approximate surface area is 119 Å². The van der Waals surface area contributed by atoms with Gasteiger partial charge in [0.05, 0.1) is 20.2 Å². The first-order chi connectivity index (χ1) is 9.56. The van der Waals surface area contributed by atoms with Crippen LogP contribution >= 0.6 is 0 Å². The molecule has 0 aliphatic rings. The second kappa shape index (κ2) is 8.16. The fourth-order valence-corrected chi connectivity index (χ4v) is 1.47. The number of carbonyl (C=O) groups excluding carboxylic acids is 2. The molecule has 0 atom stereocenters. The van der Waals surface area contributed by atoms with E-state index in [4.69, 9.17) is 4.74 Å². The van der Waals surface area contributed by atoms with Crippen molar-refractivity contribution in [3.05, 3.63) is 24.3 Å². The molecular formula is C14H21N3O3. The van der Waals surface area contributed by atoms with E-state index in [1.165, 1.54) is 0 Å². The first-order valence-corrected chi connectivity index (χ1v) is 6.45. The molecular weight excluding hydrogens is 258 g/mol. The predicted octanol–water partition coefficient (Wildman–Crippen LogP) is 0.702. The minimum absolute atomic E-state index is 0.0373. The molecule has 110 valence electrons. The second-order valence-electron chi connectivity index (χ2n) is 4.29. The van der Waals surface area contributed by atoms with Gasteiger partial charge in [-0.3, -0.25) is 14.9 Å². The molecule has 1 aromatic rings. The van der Waals surface area contributed by atoms with Crippen molar-refractivity contribution in [1.29, 1.82) is 0 Å². The van der Waals surface area contributed by atoms with Gasteiger partial charge in [0.1, 0.15) is 5.75 Å². The summed E-state index contributed by atoms with van der Waals surface area (Å²) in [7, 11) is 3.31. The lowest BCUT2D eigenvalue weighted by Gasteiger charge is -2.14. The predicted molar refractivity (Wildman–Crippen MR) is 77.8 cm³/mol. The summed E-state index contributed by atoms with van der Waals surface area (Å²) in [6.07, 6.45) is 0. The van der Waals surface area contributed by atoms with Gasteiger partial charge in [0.25, 0.3) is 0 Å². The van der Waals surface area contributed by atoms with E-state index >= 15 is 0 Å². The van der Waals surface area contributed by atoms with Crippen molar-refractivity contribution < 1.29 is 14.3 Å². The first kappa shape index (κ1) is 16.0. The van der Waals surface area contributed by atoms with Crippen LogP contribution in [0.15, 0.2) is 24.3 Å². The lowest BCUT2D eigenvalue weighted by Crippen LogP contribution is -2.38. The van der Waals surface area contributed by atoms with Crippen molar-refractivity contribution in [3.8, 4) is 5.75 Å². The summed E-state index contributed by atoms with van der Waals surface area (Å²) in [4.78, 5) is 24.8. The molecule has 0 heterocycles. The summed E-state index contributed by atoms with van der Waals surface area (Å²) >= 11 is 0. The highest BCUT2D eigenvalue weighted by atomic mass is 16.5. The van der Waals surface area contributed by atoms with E-state index in [9.17, 15) is 9.59 Å². The Morgan fingerprint density at radius 3 is 2.40 bits per heavy atom. The third kappa shape index (κ3) is 5.27. The zero-order chi connectivity index (χ0) is 15.0. The molecule has 2 N–H and O–H groups in total. The number of methoxy groups -OCH3 is 1. The van der Waals surface area contributed by atoms with Gasteiger partial charge in [-0.05, 0) is 31.2 Å². The van der Waals surface area contributed by atoms with Crippen LogP contribution in [0, 0.1) is 0 Å². The zero-order valence-electron chi connectivity index (χ0n) is 12.1. The van der Waals surface area contributed by atoms with E-state index in [-0.39, 0.29) is 24.9 Å². The molecule has 6 nitrogen and oxygen atoms in total. The second-order valence-corrected chi connectivity index (χ2v) is 4.29. The normalized spacial score (nSPS) is 9.95. The van der Waals surface area contributed by atoms with Gasteiger partial charge in [-0.15, -0.1) is 0 Å². The van der Waals surface area contributed by atoms with Crippen LogP contribution in [0.5, 0.6) is 5.75 Å².